The second-order valence-corrected chi connectivity index (χ2v) is 12.8. The van der Waals surface area contributed by atoms with Crippen molar-refractivity contribution in [3.05, 3.63) is 47.1 Å². The smallest absolute Gasteiger partial charge is 0.420 e. The van der Waals surface area contributed by atoms with E-state index in [0.29, 0.717) is 18.7 Å². The molecular formula is C25H29ClF3N3O4S. The van der Waals surface area contributed by atoms with Crippen molar-refractivity contribution in [2.45, 2.75) is 68.7 Å². The van der Waals surface area contributed by atoms with Crippen LogP contribution in [0.2, 0.25) is 5.02 Å². The van der Waals surface area contributed by atoms with Crippen LogP contribution in [0.5, 0.6) is 5.75 Å². The lowest BCUT2D eigenvalue weighted by Gasteiger charge is -2.40. The van der Waals surface area contributed by atoms with Crippen molar-refractivity contribution < 1.29 is 31.1 Å². The monoisotopic (exact) mass is 559 g/mol. The van der Waals surface area contributed by atoms with Crippen LogP contribution in [0.15, 0.2) is 41.4 Å². The van der Waals surface area contributed by atoms with E-state index in [1.165, 1.54) is 12.3 Å². The number of nitrogens with zero attached hydrogens (tertiary/aromatic N) is 2. The maximum atomic E-state index is 13.4. The summed E-state index contributed by atoms with van der Waals surface area (Å²) in [5.41, 5.74) is -2.07. The van der Waals surface area contributed by atoms with Gasteiger partial charge in [0, 0.05) is 35.6 Å². The molecule has 202 valence electrons. The summed E-state index contributed by atoms with van der Waals surface area (Å²) in [6, 6.07) is 6.72. The predicted molar refractivity (Wildman–Crippen MR) is 134 cm³/mol. The van der Waals surface area contributed by atoms with Crippen LogP contribution in [0.3, 0.4) is 0 Å². The van der Waals surface area contributed by atoms with Crippen molar-refractivity contribution in [1.82, 2.24) is 10.3 Å². The predicted octanol–water partition coefficient (Wildman–Crippen LogP) is 4.88. The molecule has 2 aromatic rings. The summed E-state index contributed by atoms with van der Waals surface area (Å²) in [6.07, 6.45) is 1.09. The minimum atomic E-state index is -4.64. The standard InChI is InChI=1S/C25H29ClF3N3O4S/c1-24(2,14-36-21-8-4-15(26)10-20(21)25(27,28)29)23(33)31-16-11-17-5-6-18(12-16)32(17)22-9-7-19(13-30-22)37(3,34)35/h4,7-10,13,16-18H,5-6,11-12,14H2,1-3H3,(H,31,33)/t16-,17+,18-. The van der Waals surface area contributed by atoms with Crippen LogP contribution < -0.4 is 15.0 Å². The highest BCUT2D eigenvalue weighted by molar-refractivity contribution is 7.90. The maximum absolute atomic E-state index is 13.4. The molecule has 2 aliphatic heterocycles. The lowest BCUT2D eigenvalue weighted by Crippen LogP contribution is -2.53. The third-order valence-corrected chi connectivity index (χ3v) is 8.26. The van der Waals surface area contributed by atoms with Gasteiger partial charge in [-0.15, -0.1) is 0 Å². The molecule has 0 aliphatic carbocycles. The molecule has 0 saturated carbocycles. The van der Waals surface area contributed by atoms with Gasteiger partial charge in [-0.1, -0.05) is 11.6 Å². The summed E-state index contributed by atoms with van der Waals surface area (Å²) in [5.74, 6) is 0.0314. The van der Waals surface area contributed by atoms with E-state index in [-0.39, 0.29) is 46.3 Å². The highest BCUT2D eigenvalue weighted by Gasteiger charge is 2.43. The highest BCUT2D eigenvalue weighted by Crippen LogP contribution is 2.40. The lowest BCUT2D eigenvalue weighted by atomic mass is 9.91. The zero-order chi connectivity index (χ0) is 27.2. The molecule has 7 nitrogen and oxygen atoms in total. The van der Waals surface area contributed by atoms with Gasteiger partial charge >= 0.3 is 6.18 Å². The summed E-state index contributed by atoms with van der Waals surface area (Å²) < 4.78 is 69.0. The van der Waals surface area contributed by atoms with Crippen molar-refractivity contribution in [2.24, 2.45) is 5.41 Å². The van der Waals surface area contributed by atoms with Gasteiger partial charge in [-0.3, -0.25) is 4.79 Å². The Bertz CT molecular complexity index is 1250. The van der Waals surface area contributed by atoms with E-state index in [2.05, 4.69) is 15.2 Å². The Morgan fingerprint density at radius 1 is 1.16 bits per heavy atom. The molecule has 2 fully saturated rings. The fourth-order valence-electron chi connectivity index (χ4n) is 4.97. The van der Waals surface area contributed by atoms with E-state index in [0.717, 1.165) is 31.2 Å². The Balaban J connectivity index is 1.38. The molecule has 4 rings (SSSR count). The molecule has 0 radical (unpaired) electrons. The third-order valence-electron chi connectivity index (χ3n) is 6.93. The summed E-state index contributed by atoms with van der Waals surface area (Å²) in [4.78, 5) is 19.8. The third kappa shape index (κ3) is 6.14. The van der Waals surface area contributed by atoms with E-state index in [1.54, 1.807) is 26.0 Å². The quantitative estimate of drug-likeness (QED) is 0.520. The molecular weight excluding hydrogens is 531 g/mol. The number of anilines is 1. The minimum absolute atomic E-state index is 0.0563. The molecule has 2 saturated heterocycles. The number of carbonyl (C=O) groups is 1. The molecule has 3 heterocycles. The number of carbonyl (C=O) groups excluding carboxylic acids is 1. The molecule has 2 aliphatic rings. The summed E-state index contributed by atoms with van der Waals surface area (Å²) in [6.45, 7) is 3.01. The van der Waals surface area contributed by atoms with Crippen LogP contribution >= 0.6 is 11.6 Å². The molecule has 1 aromatic heterocycles. The lowest BCUT2D eigenvalue weighted by molar-refractivity contribution is -0.139. The van der Waals surface area contributed by atoms with Gasteiger partial charge in [0.15, 0.2) is 9.84 Å². The first-order valence-electron chi connectivity index (χ1n) is 11.9. The molecule has 37 heavy (non-hydrogen) atoms. The number of aromatic nitrogens is 1. The highest BCUT2D eigenvalue weighted by atomic mass is 35.5. The van der Waals surface area contributed by atoms with Gasteiger partial charge in [-0.2, -0.15) is 13.2 Å². The molecule has 1 aromatic carbocycles. The molecule has 0 unspecified atom stereocenters. The number of hydrogen-bond acceptors (Lipinski definition) is 6. The van der Waals surface area contributed by atoms with Crippen LogP contribution in [-0.4, -0.2) is 50.3 Å². The number of sulfone groups is 1. The number of halogens is 4. The average molecular weight is 560 g/mol. The Morgan fingerprint density at radius 3 is 2.35 bits per heavy atom. The Kier molecular flexibility index (Phi) is 7.42. The Hall–Kier alpha value is -2.53. The minimum Gasteiger partial charge on any atom is -0.492 e. The fraction of sp³-hybridized carbons (Fsp3) is 0.520. The van der Waals surface area contributed by atoms with Crippen LogP contribution in [0.4, 0.5) is 19.0 Å². The zero-order valence-electron chi connectivity index (χ0n) is 20.7. The van der Waals surface area contributed by atoms with Gasteiger partial charge in [-0.25, -0.2) is 13.4 Å². The van der Waals surface area contributed by atoms with Gasteiger partial charge < -0.3 is 15.0 Å². The average Bonchev–Trinajstić information content (AvgIpc) is 3.07. The van der Waals surface area contributed by atoms with Crippen molar-refractivity contribution >= 4 is 33.2 Å². The van der Waals surface area contributed by atoms with Crippen LogP contribution in [0, 0.1) is 5.41 Å². The molecule has 0 spiro atoms. The number of amides is 1. The van der Waals surface area contributed by atoms with E-state index in [4.69, 9.17) is 16.3 Å². The SMILES string of the molecule is CC(C)(COc1ccc(Cl)cc1C(F)(F)F)C(=O)N[C@H]1C[C@H]2CC[C@@H](C1)N2c1ccc(S(C)(=O)=O)cn1. The van der Waals surface area contributed by atoms with E-state index in [9.17, 15) is 26.4 Å². The van der Waals surface area contributed by atoms with Crippen LogP contribution in [0.25, 0.3) is 0 Å². The number of benzene rings is 1. The number of nitrogens with one attached hydrogen (secondary N) is 1. The Labute approximate surface area is 219 Å². The number of fused-ring (bicyclic) bond motifs is 2. The van der Waals surface area contributed by atoms with E-state index >= 15 is 0 Å². The molecule has 2 bridgehead atoms. The number of pyridine rings is 1. The molecule has 1 amide bonds. The number of ether oxygens (including phenoxy) is 1. The van der Waals surface area contributed by atoms with Gasteiger partial charge in [0.25, 0.3) is 0 Å². The molecule has 3 atom stereocenters. The zero-order valence-corrected chi connectivity index (χ0v) is 22.3. The van der Waals surface area contributed by atoms with E-state index < -0.39 is 27.0 Å². The van der Waals surface area contributed by atoms with Crippen molar-refractivity contribution in [1.29, 1.82) is 0 Å². The van der Waals surface area contributed by atoms with Crippen molar-refractivity contribution in [3.8, 4) is 5.75 Å². The second kappa shape index (κ2) is 9.98. The number of rotatable bonds is 7. The summed E-state index contributed by atoms with van der Waals surface area (Å²) in [7, 11) is -3.33. The van der Waals surface area contributed by atoms with Crippen molar-refractivity contribution in [2.75, 3.05) is 17.8 Å². The summed E-state index contributed by atoms with van der Waals surface area (Å²) in [5, 5.41) is 3.01. The summed E-state index contributed by atoms with van der Waals surface area (Å²) >= 11 is 5.72. The van der Waals surface area contributed by atoms with Crippen LogP contribution in [0.1, 0.15) is 45.1 Å². The Morgan fingerprint density at radius 2 is 1.81 bits per heavy atom. The number of hydrogen-bond donors (Lipinski definition) is 1. The first kappa shape index (κ1) is 27.5. The largest absolute Gasteiger partial charge is 0.492 e. The topological polar surface area (TPSA) is 88.6 Å². The number of piperidine rings is 1. The van der Waals surface area contributed by atoms with Gasteiger partial charge in [0.1, 0.15) is 18.2 Å². The van der Waals surface area contributed by atoms with Gasteiger partial charge in [-0.05, 0) is 69.9 Å². The normalized spacial score (nSPS) is 22.1. The van der Waals surface area contributed by atoms with Gasteiger partial charge in [0.05, 0.1) is 15.9 Å². The molecule has 1 N–H and O–H groups in total. The first-order chi connectivity index (χ1) is 17.1. The van der Waals surface area contributed by atoms with Crippen molar-refractivity contribution in [3.63, 3.8) is 0 Å². The van der Waals surface area contributed by atoms with Crippen LogP contribution in [-0.2, 0) is 20.8 Å². The number of alkyl halides is 3. The molecule has 12 heteroatoms. The maximum Gasteiger partial charge on any atom is 0.420 e. The second-order valence-electron chi connectivity index (χ2n) is 10.4. The van der Waals surface area contributed by atoms with Gasteiger partial charge in [0.2, 0.25) is 5.91 Å². The van der Waals surface area contributed by atoms with E-state index in [1.807, 2.05) is 0 Å². The first-order valence-corrected chi connectivity index (χ1v) is 14.2. The fourth-order valence-corrected chi connectivity index (χ4v) is 5.70.